The Bertz CT molecular complexity index is 426. The average molecular weight is 253 g/mol. The molecule has 1 aromatic carbocycles. The molecule has 98 valence electrons. The van der Waals surface area contributed by atoms with Crippen LogP contribution in [-0.4, -0.2) is 58.7 Å². The zero-order valence-electron chi connectivity index (χ0n) is 9.74. The predicted molar refractivity (Wildman–Crippen MR) is 63.6 cm³/mol. The van der Waals surface area contributed by atoms with Gasteiger partial charge in [0.15, 0.2) is 0 Å². The number of aromatic hydroxyl groups is 1. The monoisotopic (exact) mass is 253 g/mol. The molecular weight excluding hydrogens is 238 g/mol. The highest BCUT2D eigenvalue weighted by Gasteiger charge is 2.18. The van der Waals surface area contributed by atoms with Crippen LogP contribution in [-0.2, 0) is 0 Å². The lowest BCUT2D eigenvalue weighted by Crippen LogP contribution is -2.35. The second-order valence-corrected chi connectivity index (χ2v) is 3.63. The Hall–Kier alpha value is -1.92. The van der Waals surface area contributed by atoms with Gasteiger partial charge >= 0.3 is 0 Å². The summed E-state index contributed by atoms with van der Waals surface area (Å²) in [5.41, 5.74) is 0.241. The first-order valence-corrected chi connectivity index (χ1v) is 5.43. The number of phenolic OH excluding ortho intramolecular Hbond substituents is 1. The minimum atomic E-state index is -0.542. The molecule has 1 aromatic rings. The molecule has 0 aliphatic rings. The smallest absolute Gasteiger partial charge is 0.257 e. The first-order chi connectivity index (χ1) is 8.63. The fourth-order valence-corrected chi connectivity index (χ4v) is 1.52. The number of hydrogen-bond donors (Lipinski definition) is 3. The third-order valence-electron chi connectivity index (χ3n) is 2.41. The van der Waals surface area contributed by atoms with Gasteiger partial charge in [0.25, 0.3) is 5.91 Å². The second-order valence-electron chi connectivity index (χ2n) is 3.63. The van der Waals surface area contributed by atoms with Crippen molar-refractivity contribution in [3.8, 4) is 5.75 Å². The lowest BCUT2D eigenvalue weighted by molar-refractivity contribution is 0.0682. The average Bonchev–Trinajstić information content (AvgIpc) is 2.38. The number of hydrogen-bond acceptors (Lipinski definition) is 5. The third-order valence-corrected chi connectivity index (χ3v) is 2.41. The number of aliphatic hydroxyl groups is 2. The summed E-state index contributed by atoms with van der Waals surface area (Å²) in [7, 11) is 0. The SMILES string of the molecule is O=Cc1ccc(O)c(C(=O)N(CCO)CCO)c1. The van der Waals surface area contributed by atoms with Gasteiger partial charge in [0.2, 0.25) is 0 Å². The van der Waals surface area contributed by atoms with Crippen molar-refractivity contribution < 1.29 is 24.9 Å². The summed E-state index contributed by atoms with van der Waals surface area (Å²) < 4.78 is 0. The van der Waals surface area contributed by atoms with E-state index in [1.165, 1.54) is 23.1 Å². The molecule has 0 saturated carbocycles. The van der Waals surface area contributed by atoms with E-state index in [9.17, 15) is 14.7 Å². The summed E-state index contributed by atoms with van der Waals surface area (Å²) in [6.45, 7) is -0.409. The normalized spacial score (nSPS) is 10.1. The van der Waals surface area contributed by atoms with E-state index >= 15 is 0 Å². The van der Waals surface area contributed by atoms with Crippen molar-refractivity contribution >= 4 is 12.2 Å². The van der Waals surface area contributed by atoms with E-state index in [2.05, 4.69) is 0 Å². The van der Waals surface area contributed by atoms with Crippen molar-refractivity contribution in [3.63, 3.8) is 0 Å². The van der Waals surface area contributed by atoms with E-state index in [-0.39, 0.29) is 43.2 Å². The van der Waals surface area contributed by atoms with E-state index in [4.69, 9.17) is 10.2 Å². The van der Waals surface area contributed by atoms with Crippen LogP contribution in [0.2, 0.25) is 0 Å². The Morgan fingerprint density at radius 2 is 1.83 bits per heavy atom. The summed E-state index contributed by atoms with van der Waals surface area (Å²) in [5.74, 6) is -0.786. The third kappa shape index (κ3) is 3.28. The summed E-state index contributed by atoms with van der Waals surface area (Å²) in [5, 5.41) is 27.3. The van der Waals surface area contributed by atoms with Gasteiger partial charge in [-0.2, -0.15) is 0 Å². The van der Waals surface area contributed by atoms with Crippen LogP contribution in [0.3, 0.4) is 0 Å². The molecule has 0 aliphatic heterocycles. The van der Waals surface area contributed by atoms with Gasteiger partial charge in [-0.25, -0.2) is 0 Å². The Balaban J connectivity index is 3.02. The van der Waals surface area contributed by atoms with Crippen molar-refractivity contribution in [2.75, 3.05) is 26.3 Å². The molecule has 0 aromatic heterocycles. The van der Waals surface area contributed by atoms with E-state index in [0.717, 1.165) is 0 Å². The quantitative estimate of drug-likeness (QED) is 0.601. The number of benzene rings is 1. The van der Waals surface area contributed by atoms with Gasteiger partial charge in [0.05, 0.1) is 18.8 Å². The van der Waals surface area contributed by atoms with Gasteiger partial charge in [-0.3, -0.25) is 9.59 Å². The van der Waals surface area contributed by atoms with Crippen LogP contribution in [0.25, 0.3) is 0 Å². The van der Waals surface area contributed by atoms with Crippen molar-refractivity contribution in [2.24, 2.45) is 0 Å². The number of rotatable bonds is 6. The molecule has 6 nitrogen and oxygen atoms in total. The number of phenols is 1. The molecular formula is C12H15NO5. The highest BCUT2D eigenvalue weighted by molar-refractivity contribution is 5.98. The Kier molecular flexibility index (Phi) is 5.29. The van der Waals surface area contributed by atoms with E-state index < -0.39 is 5.91 Å². The number of nitrogens with zero attached hydrogens (tertiary/aromatic N) is 1. The number of carbonyl (C=O) groups is 2. The molecule has 0 spiro atoms. The van der Waals surface area contributed by atoms with Crippen LogP contribution < -0.4 is 0 Å². The molecule has 0 aliphatic carbocycles. The molecule has 0 unspecified atom stereocenters. The number of aldehydes is 1. The maximum absolute atomic E-state index is 12.0. The van der Waals surface area contributed by atoms with Gasteiger partial charge in [-0.1, -0.05) is 0 Å². The molecule has 1 rings (SSSR count). The van der Waals surface area contributed by atoms with Crippen LogP contribution in [0, 0.1) is 0 Å². The van der Waals surface area contributed by atoms with Crippen LogP contribution in [0.15, 0.2) is 18.2 Å². The molecule has 0 radical (unpaired) electrons. The van der Waals surface area contributed by atoms with Crippen molar-refractivity contribution in [1.29, 1.82) is 0 Å². The predicted octanol–water partition coefficient (Wildman–Crippen LogP) is -0.369. The van der Waals surface area contributed by atoms with Gasteiger partial charge in [-0.15, -0.1) is 0 Å². The second kappa shape index (κ2) is 6.73. The fraction of sp³-hybridized carbons (Fsp3) is 0.333. The molecule has 0 saturated heterocycles. The molecule has 0 fully saturated rings. The molecule has 6 heteroatoms. The summed E-state index contributed by atoms with van der Waals surface area (Å²) >= 11 is 0. The fourth-order valence-electron chi connectivity index (χ4n) is 1.52. The Labute approximate surface area is 104 Å². The number of carbonyl (C=O) groups excluding carboxylic acids is 2. The van der Waals surface area contributed by atoms with Crippen molar-refractivity contribution in [3.05, 3.63) is 29.3 Å². The molecule has 0 atom stereocenters. The van der Waals surface area contributed by atoms with E-state index in [0.29, 0.717) is 6.29 Å². The topological polar surface area (TPSA) is 98.1 Å². The van der Waals surface area contributed by atoms with Crippen LogP contribution in [0.5, 0.6) is 5.75 Å². The highest BCUT2D eigenvalue weighted by Crippen LogP contribution is 2.19. The lowest BCUT2D eigenvalue weighted by atomic mass is 10.1. The van der Waals surface area contributed by atoms with Gasteiger partial charge in [-0.05, 0) is 18.2 Å². The summed E-state index contributed by atoms with van der Waals surface area (Å²) in [6.07, 6.45) is 0.568. The zero-order chi connectivity index (χ0) is 13.5. The number of amides is 1. The van der Waals surface area contributed by atoms with E-state index in [1.807, 2.05) is 0 Å². The van der Waals surface area contributed by atoms with Gasteiger partial charge in [0.1, 0.15) is 12.0 Å². The molecule has 18 heavy (non-hydrogen) atoms. The first kappa shape index (κ1) is 14.1. The van der Waals surface area contributed by atoms with Crippen molar-refractivity contribution in [1.82, 2.24) is 4.90 Å². The Morgan fingerprint density at radius 1 is 1.22 bits per heavy atom. The molecule has 3 N–H and O–H groups in total. The van der Waals surface area contributed by atoms with Crippen molar-refractivity contribution in [2.45, 2.75) is 0 Å². The van der Waals surface area contributed by atoms with Gasteiger partial charge in [0, 0.05) is 18.7 Å². The maximum Gasteiger partial charge on any atom is 0.257 e. The van der Waals surface area contributed by atoms with Crippen LogP contribution >= 0.6 is 0 Å². The van der Waals surface area contributed by atoms with Gasteiger partial charge < -0.3 is 20.2 Å². The lowest BCUT2D eigenvalue weighted by Gasteiger charge is -2.21. The number of aliphatic hydroxyl groups excluding tert-OH is 2. The summed E-state index contributed by atoms with van der Waals surface area (Å²) in [6, 6.07) is 3.92. The largest absolute Gasteiger partial charge is 0.507 e. The minimum absolute atomic E-state index is 0.0264. The minimum Gasteiger partial charge on any atom is -0.507 e. The van der Waals surface area contributed by atoms with Crippen LogP contribution in [0.1, 0.15) is 20.7 Å². The van der Waals surface area contributed by atoms with E-state index in [1.54, 1.807) is 0 Å². The first-order valence-electron chi connectivity index (χ1n) is 5.43. The Morgan fingerprint density at radius 3 is 2.33 bits per heavy atom. The highest BCUT2D eigenvalue weighted by atomic mass is 16.3. The molecule has 0 bridgehead atoms. The zero-order valence-corrected chi connectivity index (χ0v) is 9.74. The maximum atomic E-state index is 12.0. The standard InChI is InChI=1S/C12H15NO5/c14-5-3-13(4-6-15)12(18)10-7-9(8-16)1-2-11(10)17/h1-2,7-8,14-15,17H,3-6H2. The molecule has 0 heterocycles. The summed E-state index contributed by atoms with van der Waals surface area (Å²) in [4.78, 5) is 23.9. The molecule has 1 amide bonds. The van der Waals surface area contributed by atoms with Crippen LogP contribution in [0.4, 0.5) is 0 Å².